The van der Waals surface area contributed by atoms with Crippen molar-refractivity contribution in [3.63, 3.8) is 0 Å². The molecule has 1 aliphatic rings. The zero-order valence-corrected chi connectivity index (χ0v) is 10.9. The van der Waals surface area contributed by atoms with E-state index in [0.29, 0.717) is 12.4 Å². The topological polar surface area (TPSA) is 104 Å². The first kappa shape index (κ1) is 14.0. The van der Waals surface area contributed by atoms with Gasteiger partial charge in [0.05, 0.1) is 4.92 Å². The molecule has 1 aromatic rings. The van der Waals surface area contributed by atoms with Crippen LogP contribution in [0, 0.1) is 21.4 Å². The molecule has 0 unspecified atom stereocenters. The summed E-state index contributed by atoms with van der Waals surface area (Å²) in [6.45, 7) is 2.55. The van der Waals surface area contributed by atoms with Gasteiger partial charge >= 0.3 is 0 Å². The van der Waals surface area contributed by atoms with Crippen molar-refractivity contribution in [2.75, 3.05) is 25.0 Å². The molecule has 0 fully saturated rings. The lowest BCUT2D eigenvalue weighted by molar-refractivity contribution is -0.385. The Morgan fingerprint density at radius 3 is 3.10 bits per heavy atom. The molecular weight excluding hydrogens is 258 g/mol. The van der Waals surface area contributed by atoms with Crippen LogP contribution in [-0.4, -0.2) is 29.5 Å². The first-order valence-electron chi connectivity index (χ1n) is 6.37. The van der Waals surface area contributed by atoms with Crippen LogP contribution in [0.4, 0.5) is 11.5 Å². The zero-order chi connectivity index (χ0) is 14.4. The molecule has 0 bridgehead atoms. The minimum atomic E-state index is -0.558. The Morgan fingerprint density at radius 1 is 1.60 bits per heavy atom. The second-order valence-corrected chi connectivity index (χ2v) is 4.45. The summed E-state index contributed by atoms with van der Waals surface area (Å²) in [5, 5.41) is 25.9. The zero-order valence-electron chi connectivity index (χ0n) is 10.9. The third-order valence-electron chi connectivity index (χ3n) is 3.10. The number of nitrogens with one attached hydrogen (secondary N) is 2. The minimum absolute atomic E-state index is 0.173. The molecule has 0 atom stereocenters. The summed E-state index contributed by atoms with van der Waals surface area (Å²) in [6, 6.07) is 3.16. The summed E-state index contributed by atoms with van der Waals surface area (Å²) in [4.78, 5) is 14.0. The molecule has 0 saturated carbocycles. The Balaban J connectivity index is 1.97. The molecule has 0 aromatic carbocycles. The number of hydrogen-bond acceptors (Lipinski definition) is 6. The number of rotatable bonds is 5. The maximum atomic E-state index is 10.6. The second-order valence-electron chi connectivity index (χ2n) is 4.45. The monoisotopic (exact) mass is 273 g/mol. The van der Waals surface area contributed by atoms with Crippen LogP contribution in [0.25, 0.3) is 0 Å². The van der Waals surface area contributed by atoms with Crippen LogP contribution >= 0.6 is 0 Å². The summed E-state index contributed by atoms with van der Waals surface area (Å²) >= 11 is 0. The smallest absolute Gasteiger partial charge is 0.289 e. The summed E-state index contributed by atoms with van der Waals surface area (Å²) in [6.07, 6.45) is 5.23. The van der Waals surface area contributed by atoms with E-state index in [1.165, 1.54) is 11.6 Å². The molecule has 2 N–H and O–H groups in total. The number of aromatic nitrogens is 1. The molecule has 0 saturated heterocycles. The molecule has 7 nitrogen and oxygen atoms in total. The number of pyridine rings is 1. The van der Waals surface area contributed by atoms with E-state index in [2.05, 4.69) is 21.7 Å². The maximum absolute atomic E-state index is 10.6. The predicted molar refractivity (Wildman–Crippen MR) is 74.3 cm³/mol. The molecule has 20 heavy (non-hydrogen) atoms. The highest BCUT2D eigenvalue weighted by atomic mass is 16.6. The number of nitro groups is 1. The van der Waals surface area contributed by atoms with E-state index in [4.69, 9.17) is 5.26 Å². The maximum Gasteiger partial charge on any atom is 0.289 e. The van der Waals surface area contributed by atoms with E-state index in [0.717, 1.165) is 32.1 Å². The molecule has 0 amide bonds. The van der Waals surface area contributed by atoms with Crippen LogP contribution in [0.2, 0.25) is 0 Å². The van der Waals surface area contributed by atoms with Crippen LogP contribution in [0.15, 0.2) is 23.9 Å². The SMILES string of the molecule is N#Cc1cc([N+](=O)[O-])cnc1NCCC1=CCNCC1. The van der Waals surface area contributed by atoms with Crippen LogP contribution in [-0.2, 0) is 0 Å². The van der Waals surface area contributed by atoms with Gasteiger partial charge in [-0.2, -0.15) is 5.26 Å². The third kappa shape index (κ3) is 3.52. The fourth-order valence-electron chi connectivity index (χ4n) is 2.02. The van der Waals surface area contributed by atoms with E-state index in [1.54, 1.807) is 0 Å². The lowest BCUT2D eigenvalue weighted by Crippen LogP contribution is -2.21. The highest BCUT2D eigenvalue weighted by Crippen LogP contribution is 2.18. The average Bonchev–Trinajstić information content (AvgIpc) is 2.48. The molecule has 0 spiro atoms. The summed E-state index contributed by atoms with van der Waals surface area (Å²) < 4.78 is 0. The largest absolute Gasteiger partial charge is 0.369 e. The van der Waals surface area contributed by atoms with E-state index in [1.807, 2.05) is 6.07 Å². The average molecular weight is 273 g/mol. The van der Waals surface area contributed by atoms with E-state index in [-0.39, 0.29) is 11.3 Å². The Hall–Kier alpha value is -2.46. The van der Waals surface area contributed by atoms with Crippen LogP contribution < -0.4 is 10.6 Å². The van der Waals surface area contributed by atoms with Gasteiger partial charge in [0, 0.05) is 19.2 Å². The van der Waals surface area contributed by atoms with Gasteiger partial charge in [-0.05, 0) is 19.4 Å². The first-order valence-corrected chi connectivity index (χ1v) is 6.37. The molecule has 104 valence electrons. The lowest BCUT2D eigenvalue weighted by Gasteiger charge is -2.14. The molecule has 0 radical (unpaired) electrons. The molecule has 0 aliphatic carbocycles. The van der Waals surface area contributed by atoms with E-state index in [9.17, 15) is 10.1 Å². The lowest BCUT2D eigenvalue weighted by atomic mass is 10.1. The fourth-order valence-corrected chi connectivity index (χ4v) is 2.02. The number of nitriles is 1. The van der Waals surface area contributed by atoms with Crippen molar-refractivity contribution in [2.24, 2.45) is 0 Å². The van der Waals surface area contributed by atoms with Gasteiger partial charge in [0.1, 0.15) is 23.6 Å². The van der Waals surface area contributed by atoms with Gasteiger partial charge in [0.25, 0.3) is 5.69 Å². The van der Waals surface area contributed by atoms with Crippen molar-refractivity contribution in [1.29, 1.82) is 5.26 Å². The molecule has 1 aliphatic heterocycles. The van der Waals surface area contributed by atoms with Gasteiger partial charge < -0.3 is 10.6 Å². The van der Waals surface area contributed by atoms with Crippen molar-refractivity contribution in [2.45, 2.75) is 12.8 Å². The van der Waals surface area contributed by atoms with Crippen LogP contribution in [0.3, 0.4) is 0 Å². The fraction of sp³-hybridized carbons (Fsp3) is 0.385. The highest BCUT2D eigenvalue weighted by Gasteiger charge is 2.12. The van der Waals surface area contributed by atoms with Gasteiger partial charge in [-0.3, -0.25) is 10.1 Å². The van der Waals surface area contributed by atoms with Crippen LogP contribution in [0.1, 0.15) is 18.4 Å². The molecule has 2 heterocycles. The summed E-state index contributed by atoms with van der Waals surface area (Å²) in [5.74, 6) is 0.396. The van der Waals surface area contributed by atoms with Crippen molar-refractivity contribution in [3.05, 3.63) is 39.6 Å². The molecule has 1 aromatic heterocycles. The molecular formula is C13H15N5O2. The Labute approximate surface area is 116 Å². The van der Waals surface area contributed by atoms with Crippen molar-refractivity contribution in [1.82, 2.24) is 10.3 Å². The van der Waals surface area contributed by atoms with Crippen molar-refractivity contribution in [3.8, 4) is 6.07 Å². The number of nitrogens with zero attached hydrogens (tertiary/aromatic N) is 3. The van der Waals surface area contributed by atoms with Gasteiger partial charge in [-0.15, -0.1) is 0 Å². The summed E-state index contributed by atoms with van der Waals surface area (Å²) in [7, 11) is 0. The highest BCUT2D eigenvalue weighted by molar-refractivity contribution is 5.55. The molecule has 7 heteroatoms. The Kier molecular flexibility index (Phi) is 4.63. The van der Waals surface area contributed by atoms with Crippen LogP contribution in [0.5, 0.6) is 0 Å². The Morgan fingerprint density at radius 2 is 2.45 bits per heavy atom. The Bertz CT molecular complexity index is 577. The van der Waals surface area contributed by atoms with E-state index < -0.39 is 4.92 Å². The first-order chi connectivity index (χ1) is 9.70. The third-order valence-corrected chi connectivity index (χ3v) is 3.10. The van der Waals surface area contributed by atoms with Crippen molar-refractivity contribution < 1.29 is 4.92 Å². The minimum Gasteiger partial charge on any atom is -0.369 e. The second kappa shape index (κ2) is 6.63. The van der Waals surface area contributed by atoms with Gasteiger partial charge in [-0.25, -0.2) is 4.98 Å². The number of hydrogen-bond donors (Lipinski definition) is 2. The normalized spacial score (nSPS) is 14.2. The van der Waals surface area contributed by atoms with Gasteiger partial charge in [0.15, 0.2) is 0 Å². The predicted octanol–water partition coefficient (Wildman–Crippen LogP) is 1.58. The number of anilines is 1. The van der Waals surface area contributed by atoms with Gasteiger partial charge in [-0.1, -0.05) is 11.6 Å². The molecule has 2 rings (SSSR count). The van der Waals surface area contributed by atoms with E-state index >= 15 is 0 Å². The standard InChI is InChI=1S/C13H15N5O2/c14-8-11-7-12(18(19)20)9-17-13(11)16-6-3-10-1-4-15-5-2-10/h1,7,9,15H,2-6H2,(H,16,17). The van der Waals surface area contributed by atoms with Crippen molar-refractivity contribution >= 4 is 11.5 Å². The van der Waals surface area contributed by atoms with Gasteiger partial charge in [0.2, 0.25) is 0 Å². The quantitative estimate of drug-likeness (QED) is 0.479. The summed E-state index contributed by atoms with van der Waals surface area (Å²) in [5.41, 5.74) is 1.39.